The van der Waals surface area contributed by atoms with Gasteiger partial charge < -0.3 is 10.6 Å². The summed E-state index contributed by atoms with van der Waals surface area (Å²) in [6, 6.07) is 12.0. The van der Waals surface area contributed by atoms with Crippen LogP contribution in [0.15, 0.2) is 42.5 Å². The third-order valence-electron chi connectivity index (χ3n) is 2.48. The molecule has 0 aliphatic rings. The van der Waals surface area contributed by atoms with E-state index in [-0.39, 0.29) is 12.5 Å². The van der Waals surface area contributed by atoms with Crippen LogP contribution in [-0.4, -0.2) is 12.5 Å². The van der Waals surface area contributed by atoms with Crippen LogP contribution in [0, 0.1) is 0 Å². The van der Waals surface area contributed by atoms with E-state index in [1.54, 1.807) is 42.5 Å². The lowest BCUT2D eigenvalue weighted by molar-refractivity contribution is -0.114. The lowest BCUT2D eigenvalue weighted by atomic mass is 10.3. The number of carbonyl (C=O) groups excluding carboxylic acids is 1. The summed E-state index contributed by atoms with van der Waals surface area (Å²) < 4.78 is 0. The highest BCUT2D eigenvalue weighted by molar-refractivity contribution is 6.42. The Kier molecular flexibility index (Phi) is 5.12. The molecule has 0 heterocycles. The molecule has 2 aromatic rings. The zero-order chi connectivity index (χ0) is 14.5. The van der Waals surface area contributed by atoms with E-state index in [1.165, 1.54) is 0 Å². The second kappa shape index (κ2) is 6.84. The Bertz CT molecular complexity index is 632. The first-order valence-electron chi connectivity index (χ1n) is 5.79. The number of hydrogen-bond acceptors (Lipinski definition) is 2. The van der Waals surface area contributed by atoms with Crippen LogP contribution in [0.25, 0.3) is 0 Å². The molecule has 2 rings (SSSR count). The van der Waals surface area contributed by atoms with Crippen molar-refractivity contribution in [2.24, 2.45) is 0 Å². The van der Waals surface area contributed by atoms with Gasteiger partial charge in [0, 0.05) is 16.4 Å². The lowest BCUT2D eigenvalue weighted by Crippen LogP contribution is -2.21. The third-order valence-corrected chi connectivity index (χ3v) is 3.46. The van der Waals surface area contributed by atoms with Crippen LogP contribution in [-0.2, 0) is 4.79 Å². The molecule has 2 aromatic carbocycles. The van der Waals surface area contributed by atoms with Crippen molar-refractivity contribution in [2.75, 3.05) is 17.2 Å². The summed E-state index contributed by atoms with van der Waals surface area (Å²) in [5, 5.41) is 7.17. The number of carbonyl (C=O) groups is 1. The minimum atomic E-state index is -0.182. The number of rotatable bonds is 4. The number of benzene rings is 2. The second-order valence-corrected chi connectivity index (χ2v) is 5.29. The lowest BCUT2D eigenvalue weighted by Gasteiger charge is -2.08. The van der Waals surface area contributed by atoms with Crippen LogP contribution in [0.2, 0.25) is 15.1 Å². The van der Waals surface area contributed by atoms with Crippen LogP contribution in [0.1, 0.15) is 0 Å². The average molecular weight is 330 g/mol. The molecule has 0 atom stereocenters. The molecule has 0 bridgehead atoms. The molecule has 0 radical (unpaired) electrons. The maximum absolute atomic E-state index is 11.8. The van der Waals surface area contributed by atoms with Gasteiger partial charge in [-0.1, -0.05) is 40.9 Å². The van der Waals surface area contributed by atoms with Crippen molar-refractivity contribution >= 4 is 52.1 Å². The molecule has 0 unspecified atom stereocenters. The Morgan fingerprint density at radius 3 is 2.45 bits per heavy atom. The van der Waals surface area contributed by atoms with Crippen molar-refractivity contribution in [1.29, 1.82) is 0 Å². The molecule has 20 heavy (non-hydrogen) atoms. The molecule has 0 spiro atoms. The molecule has 0 aliphatic heterocycles. The summed E-state index contributed by atoms with van der Waals surface area (Å²) in [4.78, 5) is 11.8. The fourth-order valence-corrected chi connectivity index (χ4v) is 2.05. The topological polar surface area (TPSA) is 41.1 Å². The monoisotopic (exact) mass is 328 g/mol. The highest BCUT2D eigenvalue weighted by atomic mass is 35.5. The zero-order valence-corrected chi connectivity index (χ0v) is 12.6. The van der Waals surface area contributed by atoms with Crippen LogP contribution in [0.5, 0.6) is 0 Å². The van der Waals surface area contributed by atoms with E-state index in [0.29, 0.717) is 20.8 Å². The normalized spacial score (nSPS) is 10.2. The molecule has 0 fully saturated rings. The van der Waals surface area contributed by atoms with Gasteiger partial charge in [-0.15, -0.1) is 0 Å². The van der Waals surface area contributed by atoms with Gasteiger partial charge >= 0.3 is 0 Å². The van der Waals surface area contributed by atoms with Crippen LogP contribution in [0.4, 0.5) is 11.4 Å². The summed E-state index contributed by atoms with van der Waals surface area (Å²) in [6.07, 6.45) is 0. The number of halogens is 3. The maximum atomic E-state index is 11.8. The molecule has 0 saturated carbocycles. The first-order valence-corrected chi connectivity index (χ1v) is 6.92. The van der Waals surface area contributed by atoms with Crippen molar-refractivity contribution in [1.82, 2.24) is 0 Å². The molecule has 6 heteroatoms. The Morgan fingerprint density at radius 1 is 0.950 bits per heavy atom. The number of amides is 1. The van der Waals surface area contributed by atoms with Crippen molar-refractivity contribution in [3.8, 4) is 0 Å². The third kappa shape index (κ3) is 4.30. The molecule has 3 nitrogen and oxygen atoms in total. The van der Waals surface area contributed by atoms with Crippen molar-refractivity contribution in [3.63, 3.8) is 0 Å². The van der Waals surface area contributed by atoms with Gasteiger partial charge in [-0.2, -0.15) is 0 Å². The van der Waals surface area contributed by atoms with Gasteiger partial charge in [-0.25, -0.2) is 0 Å². The van der Waals surface area contributed by atoms with E-state index < -0.39 is 0 Å². The van der Waals surface area contributed by atoms with Gasteiger partial charge in [0.1, 0.15) is 0 Å². The minimum Gasteiger partial charge on any atom is -0.376 e. The molecule has 104 valence electrons. The van der Waals surface area contributed by atoms with Crippen molar-refractivity contribution in [2.45, 2.75) is 0 Å². The Labute approximate surface area is 131 Å². The minimum absolute atomic E-state index is 0.116. The van der Waals surface area contributed by atoms with Gasteiger partial charge in [-0.05, 0) is 36.4 Å². The van der Waals surface area contributed by atoms with Gasteiger partial charge in [0.25, 0.3) is 0 Å². The molecule has 0 aromatic heterocycles. The smallest absolute Gasteiger partial charge is 0.243 e. The SMILES string of the molecule is O=C(CNc1ccc(Cl)c(Cl)c1)Nc1cccc(Cl)c1. The molecular formula is C14H11Cl3N2O. The van der Waals surface area contributed by atoms with Gasteiger partial charge in [0.2, 0.25) is 5.91 Å². The summed E-state index contributed by atoms with van der Waals surface area (Å²) in [6.45, 7) is 0.116. The van der Waals surface area contributed by atoms with E-state index in [0.717, 1.165) is 5.69 Å². The van der Waals surface area contributed by atoms with Crippen molar-refractivity contribution < 1.29 is 4.79 Å². The van der Waals surface area contributed by atoms with E-state index in [1.807, 2.05) is 0 Å². The maximum Gasteiger partial charge on any atom is 0.243 e. The standard InChI is InChI=1S/C14H11Cl3N2O/c15-9-2-1-3-11(6-9)19-14(20)8-18-10-4-5-12(16)13(17)7-10/h1-7,18H,8H2,(H,19,20). The van der Waals surface area contributed by atoms with Crippen LogP contribution in [0.3, 0.4) is 0 Å². The number of nitrogens with one attached hydrogen (secondary N) is 2. The zero-order valence-electron chi connectivity index (χ0n) is 10.3. The summed E-state index contributed by atoms with van der Waals surface area (Å²) >= 11 is 17.5. The predicted molar refractivity (Wildman–Crippen MR) is 85.0 cm³/mol. The van der Waals surface area contributed by atoms with Crippen molar-refractivity contribution in [3.05, 3.63) is 57.5 Å². The van der Waals surface area contributed by atoms with Crippen LogP contribution >= 0.6 is 34.8 Å². The molecular weight excluding hydrogens is 319 g/mol. The predicted octanol–water partition coefficient (Wildman–Crippen LogP) is 4.70. The highest BCUT2D eigenvalue weighted by Crippen LogP contribution is 2.24. The summed E-state index contributed by atoms with van der Waals surface area (Å²) in [5.74, 6) is -0.182. The van der Waals surface area contributed by atoms with E-state index >= 15 is 0 Å². The second-order valence-electron chi connectivity index (χ2n) is 4.04. The first kappa shape index (κ1) is 15.0. The van der Waals surface area contributed by atoms with Gasteiger partial charge in [-0.3, -0.25) is 4.79 Å². The molecule has 2 N–H and O–H groups in total. The quantitative estimate of drug-likeness (QED) is 0.854. The highest BCUT2D eigenvalue weighted by Gasteiger charge is 2.04. The van der Waals surface area contributed by atoms with Crippen LogP contribution < -0.4 is 10.6 Å². The molecule has 1 amide bonds. The van der Waals surface area contributed by atoms with Gasteiger partial charge in [0.15, 0.2) is 0 Å². The van der Waals surface area contributed by atoms with Gasteiger partial charge in [0.05, 0.1) is 16.6 Å². The number of anilines is 2. The summed E-state index contributed by atoms with van der Waals surface area (Å²) in [5.41, 5.74) is 1.37. The largest absolute Gasteiger partial charge is 0.376 e. The average Bonchev–Trinajstić information content (AvgIpc) is 2.40. The number of hydrogen-bond donors (Lipinski definition) is 2. The Balaban J connectivity index is 1.90. The fraction of sp³-hybridized carbons (Fsp3) is 0.0714. The fourth-order valence-electron chi connectivity index (χ4n) is 1.56. The molecule has 0 saturated heterocycles. The summed E-state index contributed by atoms with van der Waals surface area (Å²) in [7, 11) is 0. The Hall–Kier alpha value is -1.42. The van der Waals surface area contributed by atoms with E-state index in [4.69, 9.17) is 34.8 Å². The molecule has 0 aliphatic carbocycles. The van der Waals surface area contributed by atoms with E-state index in [9.17, 15) is 4.79 Å². The van der Waals surface area contributed by atoms with E-state index in [2.05, 4.69) is 10.6 Å². The first-order chi connectivity index (χ1) is 9.54. The Morgan fingerprint density at radius 2 is 1.75 bits per heavy atom.